The van der Waals surface area contributed by atoms with Gasteiger partial charge in [0.1, 0.15) is 5.75 Å². The Morgan fingerprint density at radius 1 is 1.41 bits per heavy atom. The molecule has 0 fully saturated rings. The SMILES string of the molecule is CCc1nc(C)ccc1OCCCS(=O)(=O)Cl. The summed E-state index contributed by atoms with van der Waals surface area (Å²) in [5, 5.41) is 0. The number of aromatic nitrogens is 1. The smallest absolute Gasteiger partial charge is 0.232 e. The molecule has 0 spiro atoms. The quantitative estimate of drug-likeness (QED) is 0.591. The van der Waals surface area contributed by atoms with Gasteiger partial charge in [-0.05, 0) is 31.9 Å². The monoisotopic (exact) mass is 277 g/mol. The molecule has 0 saturated heterocycles. The van der Waals surface area contributed by atoms with Gasteiger partial charge in [0.05, 0.1) is 18.1 Å². The second-order valence-corrected chi connectivity index (χ2v) is 6.59. The van der Waals surface area contributed by atoms with E-state index in [1.165, 1.54) is 0 Å². The molecule has 0 aliphatic rings. The van der Waals surface area contributed by atoms with E-state index in [1.807, 2.05) is 26.0 Å². The molecule has 4 nitrogen and oxygen atoms in total. The number of hydrogen-bond donors (Lipinski definition) is 0. The number of hydrogen-bond acceptors (Lipinski definition) is 4. The summed E-state index contributed by atoms with van der Waals surface area (Å²) in [6.07, 6.45) is 1.16. The molecule has 6 heteroatoms. The van der Waals surface area contributed by atoms with Crippen molar-refractivity contribution < 1.29 is 13.2 Å². The van der Waals surface area contributed by atoms with Gasteiger partial charge in [-0.25, -0.2) is 8.42 Å². The maximum atomic E-state index is 10.7. The summed E-state index contributed by atoms with van der Waals surface area (Å²) >= 11 is 0. The standard InChI is InChI=1S/C11H16ClNO3S/c1-3-10-11(6-5-9(2)13-10)16-7-4-8-17(12,14)15/h5-6H,3-4,7-8H2,1-2H3. The minimum absolute atomic E-state index is 0.0741. The lowest BCUT2D eigenvalue weighted by molar-refractivity contribution is 0.313. The highest BCUT2D eigenvalue weighted by Gasteiger charge is 2.07. The number of pyridine rings is 1. The number of aryl methyl sites for hydroxylation is 2. The van der Waals surface area contributed by atoms with Crippen LogP contribution in [-0.2, 0) is 15.5 Å². The van der Waals surface area contributed by atoms with Gasteiger partial charge >= 0.3 is 0 Å². The molecule has 0 radical (unpaired) electrons. The van der Waals surface area contributed by atoms with Crippen LogP contribution in [0.4, 0.5) is 0 Å². The first-order valence-corrected chi connectivity index (χ1v) is 7.92. The summed E-state index contributed by atoms with van der Waals surface area (Å²) < 4.78 is 26.9. The van der Waals surface area contributed by atoms with E-state index in [0.29, 0.717) is 18.8 Å². The largest absolute Gasteiger partial charge is 0.492 e. The summed E-state index contributed by atoms with van der Waals surface area (Å²) in [7, 11) is 1.67. The van der Waals surface area contributed by atoms with E-state index < -0.39 is 9.05 Å². The summed E-state index contributed by atoms with van der Waals surface area (Å²) in [4.78, 5) is 4.35. The first-order chi connectivity index (χ1) is 7.92. The van der Waals surface area contributed by atoms with Crippen LogP contribution in [0.1, 0.15) is 24.7 Å². The number of nitrogens with zero attached hydrogens (tertiary/aromatic N) is 1. The van der Waals surface area contributed by atoms with Gasteiger partial charge in [-0.1, -0.05) is 6.92 Å². The fourth-order valence-corrected chi connectivity index (χ4v) is 2.19. The second kappa shape index (κ2) is 6.21. The number of ether oxygens (including phenoxy) is 1. The Bertz CT molecular complexity index is 474. The third-order valence-electron chi connectivity index (χ3n) is 2.20. The van der Waals surface area contributed by atoms with Crippen LogP contribution in [0.3, 0.4) is 0 Å². The molecule has 1 heterocycles. The molecule has 0 unspecified atom stereocenters. The van der Waals surface area contributed by atoms with Crippen molar-refractivity contribution in [1.29, 1.82) is 0 Å². The van der Waals surface area contributed by atoms with Gasteiger partial charge in [-0.3, -0.25) is 4.98 Å². The topological polar surface area (TPSA) is 56.3 Å². The minimum atomic E-state index is -3.42. The Labute approximate surface area is 106 Å². The van der Waals surface area contributed by atoms with E-state index in [9.17, 15) is 8.42 Å². The van der Waals surface area contributed by atoms with Crippen molar-refractivity contribution in [3.63, 3.8) is 0 Å². The average molecular weight is 278 g/mol. The van der Waals surface area contributed by atoms with Crippen molar-refractivity contribution in [2.45, 2.75) is 26.7 Å². The molecule has 96 valence electrons. The zero-order valence-electron chi connectivity index (χ0n) is 9.94. The highest BCUT2D eigenvalue weighted by atomic mass is 35.7. The molecule has 0 N–H and O–H groups in total. The van der Waals surface area contributed by atoms with Crippen LogP contribution in [0.2, 0.25) is 0 Å². The van der Waals surface area contributed by atoms with E-state index in [4.69, 9.17) is 15.4 Å². The van der Waals surface area contributed by atoms with E-state index in [2.05, 4.69) is 4.98 Å². The van der Waals surface area contributed by atoms with Crippen molar-refractivity contribution >= 4 is 19.7 Å². The summed E-state index contributed by atoms with van der Waals surface area (Å²) in [6.45, 7) is 4.24. The van der Waals surface area contributed by atoms with Crippen LogP contribution in [0.25, 0.3) is 0 Å². The van der Waals surface area contributed by atoms with Gasteiger partial charge in [-0.2, -0.15) is 0 Å². The first kappa shape index (κ1) is 14.3. The molecule has 0 aromatic carbocycles. The molecule has 1 aromatic heterocycles. The summed E-state index contributed by atoms with van der Waals surface area (Å²) in [5.74, 6) is 0.639. The molecule has 1 rings (SSSR count). The molecule has 0 amide bonds. The van der Waals surface area contributed by atoms with E-state index in [0.717, 1.165) is 17.8 Å². The van der Waals surface area contributed by atoms with Crippen LogP contribution in [0.5, 0.6) is 5.75 Å². The van der Waals surface area contributed by atoms with Crippen molar-refractivity contribution in [1.82, 2.24) is 4.98 Å². The minimum Gasteiger partial charge on any atom is -0.492 e. The molecule has 0 saturated carbocycles. The molecule has 1 aromatic rings. The number of rotatable bonds is 6. The Morgan fingerprint density at radius 2 is 2.12 bits per heavy atom. The Kier molecular flexibility index (Phi) is 5.21. The van der Waals surface area contributed by atoms with Crippen LogP contribution >= 0.6 is 10.7 Å². The maximum absolute atomic E-state index is 10.7. The second-order valence-electron chi connectivity index (χ2n) is 3.70. The van der Waals surface area contributed by atoms with E-state index >= 15 is 0 Å². The summed E-state index contributed by atoms with van der Waals surface area (Å²) in [6, 6.07) is 3.73. The molecule has 0 atom stereocenters. The van der Waals surface area contributed by atoms with Gasteiger partial charge in [-0.15, -0.1) is 0 Å². The Morgan fingerprint density at radius 3 is 2.71 bits per heavy atom. The molecule has 0 bridgehead atoms. The lowest BCUT2D eigenvalue weighted by Gasteiger charge is -2.09. The van der Waals surface area contributed by atoms with Crippen LogP contribution < -0.4 is 4.74 Å². The van der Waals surface area contributed by atoms with Gasteiger partial charge < -0.3 is 4.74 Å². The fraction of sp³-hybridized carbons (Fsp3) is 0.545. The van der Waals surface area contributed by atoms with Crippen molar-refractivity contribution in [2.24, 2.45) is 0 Å². The van der Waals surface area contributed by atoms with Crippen LogP contribution in [-0.4, -0.2) is 25.8 Å². The maximum Gasteiger partial charge on any atom is 0.232 e. The van der Waals surface area contributed by atoms with Gasteiger partial charge in [0.15, 0.2) is 0 Å². The number of halogens is 1. The van der Waals surface area contributed by atoms with Crippen molar-refractivity contribution in [2.75, 3.05) is 12.4 Å². The third kappa shape index (κ3) is 5.37. The third-order valence-corrected chi connectivity index (χ3v) is 3.44. The normalized spacial score (nSPS) is 11.5. The van der Waals surface area contributed by atoms with Gasteiger partial charge in [0.25, 0.3) is 0 Å². The zero-order valence-corrected chi connectivity index (χ0v) is 11.5. The lowest BCUT2D eigenvalue weighted by atomic mass is 10.2. The molecular weight excluding hydrogens is 262 g/mol. The average Bonchev–Trinajstić information content (AvgIpc) is 2.24. The predicted molar refractivity (Wildman–Crippen MR) is 68.1 cm³/mol. The highest BCUT2D eigenvalue weighted by molar-refractivity contribution is 8.13. The molecule has 0 aliphatic carbocycles. The molecular formula is C11H16ClNO3S. The lowest BCUT2D eigenvalue weighted by Crippen LogP contribution is -2.06. The van der Waals surface area contributed by atoms with Crippen LogP contribution in [0, 0.1) is 6.92 Å². The van der Waals surface area contributed by atoms with Crippen LogP contribution in [0.15, 0.2) is 12.1 Å². The zero-order chi connectivity index (χ0) is 12.9. The Balaban J connectivity index is 2.52. The highest BCUT2D eigenvalue weighted by Crippen LogP contribution is 2.17. The first-order valence-electron chi connectivity index (χ1n) is 5.44. The predicted octanol–water partition coefficient (Wildman–Crippen LogP) is 2.29. The van der Waals surface area contributed by atoms with Gasteiger partial charge in [0, 0.05) is 16.4 Å². The summed E-state index contributed by atoms with van der Waals surface area (Å²) in [5.41, 5.74) is 1.83. The van der Waals surface area contributed by atoms with Gasteiger partial charge in [0.2, 0.25) is 9.05 Å². The Hall–Kier alpha value is -0.810. The van der Waals surface area contributed by atoms with E-state index in [-0.39, 0.29) is 5.75 Å². The molecule has 0 aliphatic heterocycles. The molecule has 17 heavy (non-hydrogen) atoms. The van der Waals surface area contributed by atoms with Crippen molar-refractivity contribution in [3.05, 3.63) is 23.5 Å². The fourth-order valence-electron chi connectivity index (χ4n) is 1.40. The van der Waals surface area contributed by atoms with E-state index in [1.54, 1.807) is 0 Å². The van der Waals surface area contributed by atoms with Crippen molar-refractivity contribution in [3.8, 4) is 5.75 Å².